The minimum absolute atomic E-state index is 0.0881. The Morgan fingerprint density at radius 2 is 1.84 bits per heavy atom. The number of halogens is 1. The molecule has 0 unspecified atom stereocenters. The second-order valence-corrected chi connectivity index (χ2v) is 5.22. The molecule has 0 aromatic heterocycles. The van der Waals surface area contributed by atoms with Gasteiger partial charge in [0.05, 0.1) is 0 Å². The summed E-state index contributed by atoms with van der Waals surface area (Å²) in [6.45, 7) is 0.944. The summed E-state index contributed by atoms with van der Waals surface area (Å²) in [7, 11) is 0. The SMILES string of the molecule is Cc1ccccc1NC(=O)COC(=O)CNC(=O)c1cccc(F)c1. The molecule has 0 fully saturated rings. The van der Waals surface area contributed by atoms with Crippen molar-refractivity contribution < 1.29 is 23.5 Å². The van der Waals surface area contributed by atoms with Crippen LogP contribution in [0.5, 0.6) is 0 Å². The molecule has 0 aliphatic rings. The van der Waals surface area contributed by atoms with Crippen LogP contribution in [-0.2, 0) is 14.3 Å². The van der Waals surface area contributed by atoms with E-state index in [9.17, 15) is 18.8 Å². The number of esters is 1. The normalized spacial score (nSPS) is 10.0. The summed E-state index contributed by atoms with van der Waals surface area (Å²) in [5, 5.41) is 4.91. The van der Waals surface area contributed by atoms with Crippen LogP contribution in [0.1, 0.15) is 15.9 Å². The van der Waals surface area contributed by atoms with Gasteiger partial charge in [0.15, 0.2) is 6.61 Å². The lowest BCUT2D eigenvalue weighted by atomic mass is 10.2. The van der Waals surface area contributed by atoms with Gasteiger partial charge in [0.1, 0.15) is 12.4 Å². The summed E-state index contributed by atoms with van der Waals surface area (Å²) in [4.78, 5) is 35.1. The number of rotatable bonds is 6. The molecular weight excluding hydrogens is 327 g/mol. The summed E-state index contributed by atoms with van der Waals surface area (Å²) in [5.74, 6) is -2.42. The monoisotopic (exact) mass is 344 g/mol. The number of aryl methyl sites for hydroxylation is 1. The zero-order valence-electron chi connectivity index (χ0n) is 13.5. The number of anilines is 1. The lowest BCUT2D eigenvalue weighted by Gasteiger charge is -2.09. The maximum Gasteiger partial charge on any atom is 0.325 e. The van der Waals surface area contributed by atoms with Crippen molar-refractivity contribution in [2.75, 3.05) is 18.5 Å². The van der Waals surface area contributed by atoms with E-state index in [1.807, 2.05) is 19.1 Å². The Balaban J connectivity index is 1.74. The van der Waals surface area contributed by atoms with Gasteiger partial charge in [-0.3, -0.25) is 14.4 Å². The smallest absolute Gasteiger partial charge is 0.325 e. The van der Waals surface area contributed by atoms with E-state index in [0.29, 0.717) is 5.69 Å². The minimum atomic E-state index is -0.773. The van der Waals surface area contributed by atoms with Gasteiger partial charge in [0.2, 0.25) is 0 Å². The first kappa shape index (κ1) is 18.1. The molecule has 2 amide bonds. The molecule has 0 saturated heterocycles. The lowest BCUT2D eigenvalue weighted by molar-refractivity contribution is -0.146. The molecule has 0 bridgehead atoms. The fourth-order valence-corrected chi connectivity index (χ4v) is 1.98. The van der Waals surface area contributed by atoms with Crippen LogP contribution in [0.15, 0.2) is 48.5 Å². The molecule has 2 rings (SSSR count). The molecule has 0 radical (unpaired) electrons. The van der Waals surface area contributed by atoms with Gasteiger partial charge in [-0.1, -0.05) is 24.3 Å². The third-order valence-electron chi connectivity index (χ3n) is 3.26. The zero-order chi connectivity index (χ0) is 18.2. The zero-order valence-corrected chi connectivity index (χ0v) is 13.5. The number of hydrogen-bond acceptors (Lipinski definition) is 4. The van der Waals surface area contributed by atoms with E-state index in [1.165, 1.54) is 18.2 Å². The van der Waals surface area contributed by atoms with Crippen LogP contribution < -0.4 is 10.6 Å². The highest BCUT2D eigenvalue weighted by Gasteiger charge is 2.11. The number of nitrogens with one attached hydrogen (secondary N) is 2. The van der Waals surface area contributed by atoms with Gasteiger partial charge in [-0.05, 0) is 36.8 Å². The van der Waals surface area contributed by atoms with Crippen molar-refractivity contribution in [2.45, 2.75) is 6.92 Å². The third kappa shape index (κ3) is 5.72. The van der Waals surface area contributed by atoms with Crippen LogP contribution in [-0.4, -0.2) is 30.9 Å². The molecule has 0 saturated carbocycles. The predicted octanol–water partition coefficient (Wildman–Crippen LogP) is 2.05. The quantitative estimate of drug-likeness (QED) is 0.786. The summed E-state index contributed by atoms with van der Waals surface area (Å²) in [6.07, 6.45) is 0. The lowest BCUT2D eigenvalue weighted by Crippen LogP contribution is -2.32. The highest BCUT2D eigenvalue weighted by atomic mass is 19.1. The number of ether oxygens (including phenoxy) is 1. The molecule has 0 spiro atoms. The molecule has 0 heterocycles. The highest BCUT2D eigenvalue weighted by molar-refractivity contribution is 5.96. The van der Waals surface area contributed by atoms with Gasteiger partial charge >= 0.3 is 5.97 Å². The molecule has 25 heavy (non-hydrogen) atoms. The number of para-hydroxylation sites is 1. The van der Waals surface area contributed by atoms with E-state index in [-0.39, 0.29) is 5.56 Å². The summed E-state index contributed by atoms with van der Waals surface area (Å²) in [6, 6.07) is 12.2. The van der Waals surface area contributed by atoms with Crippen molar-refractivity contribution in [1.29, 1.82) is 0 Å². The van der Waals surface area contributed by atoms with Crippen LogP contribution in [0.2, 0.25) is 0 Å². The van der Waals surface area contributed by atoms with Crippen molar-refractivity contribution in [1.82, 2.24) is 5.32 Å². The minimum Gasteiger partial charge on any atom is -0.454 e. The molecule has 2 aromatic rings. The Hall–Kier alpha value is -3.22. The van der Waals surface area contributed by atoms with Crippen LogP contribution in [0.3, 0.4) is 0 Å². The van der Waals surface area contributed by atoms with E-state index in [1.54, 1.807) is 12.1 Å². The molecule has 0 atom stereocenters. The van der Waals surface area contributed by atoms with Gasteiger partial charge in [-0.2, -0.15) is 0 Å². The van der Waals surface area contributed by atoms with Crippen molar-refractivity contribution >= 4 is 23.5 Å². The van der Waals surface area contributed by atoms with Gasteiger partial charge < -0.3 is 15.4 Å². The molecule has 2 N–H and O–H groups in total. The Morgan fingerprint density at radius 3 is 2.56 bits per heavy atom. The number of carbonyl (C=O) groups excluding carboxylic acids is 3. The molecule has 7 heteroatoms. The molecule has 0 aliphatic carbocycles. The van der Waals surface area contributed by atoms with Crippen LogP contribution in [0.25, 0.3) is 0 Å². The Morgan fingerprint density at radius 1 is 1.08 bits per heavy atom. The average Bonchev–Trinajstić information content (AvgIpc) is 2.60. The standard InChI is InChI=1S/C18H17FN2O4/c1-12-5-2-3-8-15(12)21-16(22)11-25-17(23)10-20-18(24)13-6-4-7-14(19)9-13/h2-9H,10-11H2,1H3,(H,20,24)(H,21,22). The van der Waals surface area contributed by atoms with E-state index < -0.39 is 36.8 Å². The van der Waals surface area contributed by atoms with Crippen molar-refractivity contribution in [3.8, 4) is 0 Å². The van der Waals surface area contributed by atoms with Crippen molar-refractivity contribution in [2.24, 2.45) is 0 Å². The second kappa shape index (κ2) is 8.58. The summed E-state index contributed by atoms with van der Waals surface area (Å²) >= 11 is 0. The summed E-state index contributed by atoms with van der Waals surface area (Å²) < 4.78 is 17.8. The van der Waals surface area contributed by atoms with E-state index in [2.05, 4.69) is 10.6 Å². The van der Waals surface area contributed by atoms with Gasteiger partial charge in [0, 0.05) is 11.3 Å². The van der Waals surface area contributed by atoms with E-state index >= 15 is 0 Å². The molecular formula is C18H17FN2O4. The van der Waals surface area contributed by atoms with Gasteiger partial charge in [-0.15, -0.1) is 0 Å². The number of hydrogen-bond donors (Lipinski definition) is 2. The fourth-order valence-electron chi connectivity index (χ4n) is 1.98. The molecule has 130 valence electrons. The average molecular weight is 344 g/mol. The highest BCUT2D eigenvalue weighted by Crippen LogP contribution is 2.12. The Bertz CT molecular complexity index is 792. The van der Waals surface area contributed by atoms with Crippen molar-refractivity contribution in [3.63, 3.8) is 0 Å². The van der Waals surface area contributed by atoms with Gasteiger partial charge in [0.25, 0.3) is 11.8 Å². The van der Waals surface area contributed by atoms with Crippen LogP contribution in [0.4, 0.5) is 10.1 Å². The fraction of sp³-hybridized carbons (Fsp3) is 0.167. The molecule has 6 nitrogen and oxygen atoms in total. The topological polar surface area (TPSA) is 84.5 Å². The Labute approximate surface area is 144 Å². The number of benzene rings is 2. The number of amides is 2. The first-order chi connectivity index (χ1) is 12.0. The van der Waals surface area contributed by atoms with Crippen LogP contribution >= 0.6 is 0 Å². The predicted molar refractivity (Wildman–Crippen MR) is 89.5 cm³/mol. The third-order valence-corrected chi connectivity index (χ3v) is 3.26. The molecule has 0 aliphatic heterocycles. The maximum absolute atomic E-state index is 13.0. The van der Waals surface area contributed by atoms with E-state index in [0.717, 1.165) is 11.6 Å². The van der Waals surface area contributed by atoms with Gasteiger partial charge in [-0.25, -0.2) is 4.39 Å². The largest absolute Gasteiger partial charge is 0.454 e. The second-order valence-electron chi connectivity index (χ2n) is 5.22. The molecule has 2 aromatic carbocycles. The summed E-state index contributed by atoms with van der Waals surface area (Å²) in [5.41, 5.74) is 1.59. The first-order valence-corrected chi connectivity index (χ1v) is 7.50. The van der Waals surface area contributed by atoms with Crippen molar-refractivity contribution in [3.05, 3.63) is 65.5 Å². The van der Waals surface area contributed by atoms with Crippen LogP contribution in [0, 0.1) is 12.7 Å². The number of carbonyl (C=O) groups is 3. The Kier molecular flexibility index (Phi) is 6.22. The first-order valence-electron chi connectivity index (χ1n) is 7.50. The van der Waals surface area contributed by atoms with E-state index in [4.69, 9.17) is 4.74 Å². The maximum atomic E-state index is 13.0.